The van der Waals surface area contributed by atoms with E-state index in [4.69, 9.17) is 5.26 Å². The number of unbranched alkanes of at least 4 members (excludes halogenated alkanes) is 1. The van der Waals surface area contributed by atoms with E-state index in [1.165, 1.54) is 12.8 Å². The topological polar surface area (TPSA) is 27.0 Å². The molecule has 0 fully saturated rings. The smallest absolute Gasteiger partial charge is 0.0992 e. The molecule has 0 saturated carbocycles. The van der Waals surface area contributed by atoms with Crippen LogP contribution < -0.4 is 4.90 Å². The zero-order chi connectivity index (χ0) is 13.5. The van der Waals surface area contributed by atoms with Crippen molar-refractivity contribution in [2.24, 2.45) is 0 Å². The van der Waals surface area contributed by atoms with Gasteiger partial charge in [-0.3, -0.25) is 0 Å². The van der Waals surface area contributed by atoms with Crippen LogP contribution in [0.15, 0.2) is 22.7 Å². The number of anilines is 1. The Labute approximate surface area is 119 Å². The van der Waals surface area contributed by atoms with Crippen molar-refractivity contribution in [3.63, 3.8) is 0 Å². The lowest BCUT2D eigenvalue weighted by Gasteiger charge is -2.31. The lowest BCUT2D eigenvalue weighted by atomic mass is 10.1. The summed E-state index contributed by atoms with van der Waals surface area (Å²) >= 11 is 3.48. The monoisotopic (exact) mass is 308 g/mol. The lowest BCUT2D eigenvalue weighted by Crippen LogP contribution is -2.33. The average Bonchev–Trinajstić information content (AvgIpc) is 2.38. The first-order valence-electron chi connectivity index (χ1n) is 6.59. The third-order valence-electron chi connectivity index (χ3n) is 3.22. The minimum Gasteiger partial charge on any atom is -0.369 e. The lowest BCUT2D eigenvalue weighted by molar-refractivity contribution is 0.595. The molecular formula is C15H21BrN2. The summed E-state index contributed by atoms with van der Waals surface area (Å²) in [7, 11) is 0. The fourth-order valence-corrected chi connectivity index (χ4v) is 2.44. The normalized spacial score (nSPS) is 11.9. The van der Waals surface area contributed by atoms with Gasteiger partial charge in [0.2, 0.25) is 0 Å². The van der Waals surface area contributed by atoms with E-state index < -0.39 is 0 Å². The van der Waals surface area contributed by atoms with Gasteiger partial charge in [0.1, 0.15) is 0 Å². The third kappa shape index (κ3) is 4.03. The third-order valence-corrected chi connectivity index (χ3v) is 3.68. The van der Waals surface area contributed by atoms with Crippen molar-refractivity contribution >= 4 is 21.6 Å². The fourth-order valence-electron chi connectivity index (χ4n) is 1.96. The fraction of sp³-hybridized carbons (Fsp3) is 0.533. The Morgan fingerprint density at radius 3 is 2.61 bits per heavy atom. The van der Waals surface area contributed by atoms with Gasteiger partial charge >= 0.3 is 0 Å². The summed E-state index contributed by atoms with van der Waals surface area (Å²) in [5.41, 5.74) is 1.85. The number of hydrogen-bond donors (Lipinski definition) is 0. The molecule has 98 valence electrons. The van der Waals surface area contributed by atoms with E-state index in [1.807, 2.05) is 12.1 Å². The summed E-state index contributed by atoms with van der Waals surface area (Å²) in [6.45, 7) is 7.69. The van der Waals surface area contributed by atoms with Gasteiger partial charge in [-0.05, 0) is 38.0 Å². The second kappa shape index (κ2) is 7.43. The largest absolute Gasteiger partial charge is 0.369 e. The molecule has 1 aromatic carbocycles. The van der Waals surface area contributed by atoms with E-state index in [9.17, 15) is 0 Å². The van der Waals surface area contributed by atoms with E-state index >= 15 is 0 Å². The maximum absolute atomic E-state index is 9.05. The molecule has 0 spiro atoms. The van der Waals surface area contributed by atoms with Gasteiger partial charge in [0.05, 0.1) is 11.6 Å². The second-order valence-corrected chi connectivity index (χ2v) is 5.53. The van der Waals surface area contributed by atoms with Crippen LogP contribution in [0.2, 0.25) is 0 Å². The molecule has 0 aliphatic rings. The van der Waals surface area contributed by atoms with Crippen molar-refractivity contribution in [1.29, 1.82) is 5.26 Å². The molecule has 0 saturated heterocycles. The number of rotatable bonds is 6. The van der Waals surface area contributed by atoms with Crippen LogP contribution in [0.25, 0.3) is 0 Å². The predicted molar refractivity (Wildman–Crippen MR) is 80.9 cm³/mol. The van der Waals surface area contributed by atoms with Gasteiger partial charge in [0.25, 0.3) is 0 Å². The predicted octanol–water partition coefficient (Wildman–Crippen LogP) is 4.73. The Bertz CT molecular complexity index is 423. The van der Waals surface area contributed by atoms with E-state index in [1.54, 1.807) is 0 Å². The van der Waals surface area contributed by atoms with E-state index in [0.717, 1.165) is 23.1 Å². The van der Waals surface area contributed by atoms with Gasteiger partial charge in [-0.15, -0.1) is 0 Å². The zero-order valence-corrected chi connectivity index (χ0v) is 13.0. The van der Waals surface area contributed by atoms with Crippen LogP contribution in [0.3, 0.4) is 0 Å². The Hall–Kier alpha value is -1.01. The van der Waals surface area contributed by atoms with Crippen molar-refractivity contribution in [3.05, 3.63) is 28.2 Å². The SMILES string of the molecule is CCCCN(c1cc(Br)cc(C#N)c1)C(C)CC. The number of nitrogens with zero attached hydrogens (tertiary/aromatic N) is 2. The van der Waals surface area contributed by atoms with Crippen LogP contribution in [0, 0.1) is 11.3 Å². The molecule has 0 aliphatic heterocycles. The molecule has 3 heteroatoms. The maximum atomic E-state index is 9.05. The van der Waals surface area contributed by atoms with Gasteiger partial charge in [0, 0.05) is 22.7 Å². The summed E-state index contributed by atoms with van der Waals surface area (Å²) < 4.78 is 0.973. The van der Waals surface area contributed by atoms with Crippen LogP contribution in [0.1, 0.15) is 45.6 Å². The molecule has 0 N–H and O–H groups in total. The highest BCUT2D eigenvalue weighted by Gasteiger charge is 2.13. The summed E-state index contributed by atoms with van der Waals surface area (Å²) in [5.74, 6) is 0. The number of nitriles is 1. The molecule has 1 unspecified atom stereocenters. The van der Waals surface area contributed by atoms with E-state index in [2.05, 4.69) is 53.7 Å². The zero-order valence-electron chi connectivity index (χ0n) is 11.4. The molecule has 0 radical (unpaired) electrons. The molecule has 1 aromatic rings. The molecule has 1 atom stereocenters. The van der Waals surface area contributed by atoms with Crippen molar-refractivity contribution in [2.45, 2.75) is 46.1 Å². The van der Waals surface area contributed by atoms with E-state index in [-0.39, 0.29) is 0 Å². The maximum Gasteiger partial charge on any atom is 0.0992 e. The molecule has 2 nitrogen and oxygen atoms in total. The van der Waals surface area contributed by atoms with Crippen LogP contribution in [-0.4, -0.2) is 12.6 Å². The Kier molecular flexibility index (Phi) is 6.21. The van der Waals surface area contributed by atoms with Crippen LogP contribution in [0.5, 0.6) is 0 Å². The van der Waals surface area contributed by atoms with Gasteiger partial charge in [0.15, 0.2) is 0 Å². The first-order valence-corrected chi connectivity index (χ1v) is 7.39. The first kappa shape index (κ1) is 15.0. The Balaban J connectivity index is 3.04. The minimum atomic E-state index is 0.498. The van der Waals surface area contributed by atoms with Gasteiger partial charge in [-0.25, -0.2) is 0 Å². The highest BCUT2D eigenvalue weighted by atomic mass is 79.9. The molecule has 0 aliphatic carbocycles. The average molecular weight is 309 g/mol. The van der Waals surface area contributed by atoms with Crippen molar-refractivity contribution < 1.29 is 0 Å². The molecule has 1 rings (SSSR count). The highest BCUT2D eigenvalue weighted by Crippen LogP contribution is 2.25. The Morgan fingerprint density at radius 1 is 1.33 bits per heavy atom. The number of halogens is 1. The van der Waals surface area contributed by atoms with Gasteiger partial charge in [-0.2, -0.15) is 5.26 Å². The van der Waals surface area contributed by atoms with Gasteiger partial charge < -0.3 is 4.90 Å². The molecule has 0 heterocycles. The number of hydrogen-bond acceptors (Lipinski definition) is 2. The standard InChI is InChI=1S/C15H21BrN2/c1-4-6-7-18(12(3)5-2)15-9-13(11-17)8-14(16)10-15/h8-10,12H,4-7H2,1-3H3. The quantitative estimate of drug-likeness (QED) is 0.760. The van der Waals surface area contributed by atoms with Crippen molar-refractivity contribution in [1.82, 2.24) is 0 Å². The van der Waals surface area contributed by atoms with Gasteiger partial charge in [-0.1, -0.05) is 36.2 Å². The summed E-state index contributed by atoms with van der Waals surface area (Å²) in [5, 5.41) is 9.05. The summed E-state index contributed by atoms with van der Waals surface area (Å²) in [6.07, 6.45) is 3.48. The summed E-state index contributed by atoms with van der Waals surface area (Å²) in [4.78, 5) is 2.40. The van der Waals surface area contributed by atoms with Crippen LogP contribution in [0.4, 0.5) is 5.69 Å². The minimum absolute atomic E-state index is 0.498. The number of benzene rings is 1. The Morgan fingerprint density at radius 2 is 2.06 bits per heavy atom. The molecule has 0 bridgehead atoms. The van der Waals surface area contributed by atoms with Crippen molar-refractivity contribution in [2.75, 3.05) is 11.4 Å². The second-order valence-electron chi connectivity index (χ2n) is 4.61. The highest BCUT2D eigenvalue weighted by molar-refractivity contribution is 9.10. The van der Waals surface area contributed by atoms with Crippen LogP contribution >= 0.6 is 15.9 Å². The summed E-state index contributed by atoms with van der Waals surface area (Å²) in [6, 6.07) is 8.65. The van der Waals surface area contributed by atoms with Crippen molar-refractivity contribution in [3.8, 4) is 6.07 Å². The first-order chi connectivity index (χ1) is 8.62. The van der Waals surface area contributed by atoms with E-state index in [0.29, 0.717) is 11.6 Å². The molecule has 0 aromatic heterocycles. The van der Waals surface area contributed by atoms with Crippen LogP contribution in [-0.2, 0) is 0 Å². The molecule has 18 heavy (non-hydrogen) atoms. The molecule has 0 amide bonds. The molecular weight excluding hydrogens is 288 g/mol.